The molecular weight excluding hydrogens is 302 g/mol. The number of hydrogen-bond donors (Lipinski definition) is 2. The number of anilines is 1. The maximum atomic E-state index is 6.05. The maximum absolute atomic E-state index is 6.05. The highest BCUT2D eigenvalue weighted by atomic mass is 32.1. The third-order valence-electron chi connectivity index (χ3n) is 4.11. The SMILES string of the molecule is CCCC1=CC(=Nc2ccc(N(CC)CC)cc2S)CC=C1N. The Morgan fingerprint density at radius 3 is 2.57 bits per heavy atom. The zero-order valence-corrected chi connectivity index (χ0v) is 15.2. The Labute approximate surface area is 145 Å². The molecule has 1 aromatic carbocycles. The third kappa shape index (κ3) is 4.41. The minimum Gasteiger partial charge on any atom is -0.399 e. The Morgan fingerprint density at radius 2 is 1.96 bits per heavy atom. The lowest BCUT2D eigenvalue weighted by molar-refractivity contribution is 0.864. The molecule has 2 rings (SSSR count). The van der Waals surface area contributed by atoms with Crippen LogP contribution in [-0.2, 0) is 0 Å². The highest BCUT2D eigenvalue weighted by molar-refractivity contribution is 7.80. The summed E-state index contributed by atoms with van der Waals surface area (Å²) in [5.41, 5.74) is 11.3. The first-order valence-corrected chi connectivity index (χ1v) is 8.85. The number of allylic oxidation sites excluding steroid dienone is 3. The summed E-state index contributed by atoms with van der Waals surface area (Å²) in [5, 5.41) is 0. The van der Waals surface area contributed by atoms with Crippen LogP contribution in [0.15, 0.2) is 51.5 Å². The second kappa shape index (κ2) is 8.25. The van der Waals surface area contributed by atoms with Crippen LogP contribution in [0.4, 0.5) is 11.4 Å². The van der Waals surface area contributed by atoms with E-state index in [1.165, 1.54) is 11.3 Å². The molecule has 124 valence electrons. The minimum atomic E-state index is 0.782. The van der Waals surface area contributed by atoms with Crippen molar-refractivity contribution < 1.29 is 0 Å². The topological polar surface area (TPSA) is 41.6 Å². The lowest BCUT2D eigenvalue weighted by Gasteiger charge is -2.21. The number of hydrogen-bond acceptors (Lipinski definition) is 4. The average Bonchev–Trinajstić information content (AvgIpc) is 2.54. The molecule has 1 aliphatic rings. The van der Waals surface area contributed by atoms with Crippen molar-refractivity contribution in [3.63, 3.8) is 0 Å². The summed E-state index contributed by atoms with van der Waals surface area (Å²) < 4.78 is 0. The first-order chi connectivity index (χ1) is 11.1. The van der Waals surface area contributed by atoms with Gasteiger partial charge in [0.2, 0.25) is 0 Å². The van der Waals surface area contributed by atoms with E-state index >= 15 is 0 Å². The van der Waals surface area contributed by atoms with Gasteiger partial charge in [-0.05, 0) is 50.1 Å². The molecule has 1 aromatic rings. The van der Waals surface area contributed by atoms with Crippen LogP contribution in [0, 0.1) is 0 Å². The van der Waals surface area contributed by atoms with Gasteiger partial charge in [-0.1, -0.05) is 19.4 Å². The molecule has 23 heavy (non-hydrogen) atoms. The lowest BCUT2D eigenvalue weighted by atomic mass is 9.98. The molecule has 0 bridgehead atoms. The predicted octanol–water partition coefficient (Wildman–Crippen LogP) is 4.87. The summed E-state index contributed by atoms with van der Waals surface area (Å²) in [7, 11) is 0. The molecule has 1 aliphatic carbocycles. The largest absolute Gasteiger partial charge is 0.399 e. The van der Waals surface area contributed by atoms with E-state index < -0.39 is 0 Å². The Morgan fingerprint density at radius 1 is 1.22 bits per heavy atom. The second-order valence-corrected chi connectivity index (χ2v) is 6.21. The fourth-order valence-corrected chi connectivity index (χ4v) is 3.06. The molecule has 4 heteroatoms. The number of benzene rings is 1. The molecule has 0 atom stereocenters. The van der Waals surface area contributed by atoms with Crippen LogP contribution < -0.4 is 10.6 Å². The van der Waals surface area contributed by atoms with Gasteiger partial charge in [0.25, 0.3) is 0 Å². The Balaban J connectivity index is 2.26. The highest BCUT2D eigenvalue weighted by Crippen LogP contribution is 2.30. The minimum absolute atomic E-state index is 0.782. The van der Waals surface area contributed by atoms with Crippen molar-refractivity contribution in [2.24, 2.45) is 10.7 Å². The molecule has 0 saturated heterocycles. The van der Waals surface area contributed by atoms with E-state index in [0.29, 0.717) is 0 Å². The third-order valence-corrected chi connectivity index (χ3v) is 4.47. The summed E-state index contributed by atoms with van der Waals surface area (Å²) in [6.07, 6.45) is 7.06. The van der Waals surface area contributed by atoms with Gasteiger partial charge in [-0.15, -0.1) is 12.6 Å². The molecule has 0 saturated carbocycles. The number of nitrogens with two attached hydrogens (primary N) is 1. The number of thiol groups is 1. The first kappa shape index (κ1) is 17.7. The van der Waals surface area contributed by atoms with Crippen LogP contribution in [0.3, 0.4) is 0 Å². The van der Waals surface area contributed by atoms with E-state index in [1.54, 1.807) is 0 Å². The van der Waals surface area contributed by atoms with Crippen molar-refractivity contribution in [2.75, 3.05) is 18.0 Å². The van der Waals surface area contributed by atoms with E-state index in [-0.39, 0.29) is 0 Å². The molecule has 0 aromatic heterocycles. The summed E-state index contributed by atoms with van der Waals surface area (Å²) in [4.78, 5) is 8.00. The molecule has 2 N–H and O–H groups in total. The number of nitrogens with zero attached hydrogens (tertiary/aromatic N) is 2. The summed E-state index contributed by atoms with van der Waals surface area (Å²) in [6.45, 7) is 8.47. The molecule has 0 heterocycles. The van der Waals surface area contributed by atoms with Crippen LogP contribution in [0.5, 0.6) is 0 Å². The number of aliphatic imine (C=N–C) groups is 1. The van der Waals surface area contributed by atoms with Gasteiger partial charge < -0.3 is 10.6 Å². The standard InChI is InChI=1S/C19H27N3S/c1-4-7-14-12-15(8-10-17(14)20)21-18-11-9-16(13-19(18)23)22(5-2)6-3/h9-13,23H,4-8,20H2,1-3H3. The van der Waals surface area contributed by atoms with E-state index in [1.807, 2.05) is 0 Å². The van der Waals surface area contributed by atoms with Crippen molar-refractivity contribution in [3.05, 3.63) is 41.6 Å². The Bertz CT molecular complexity index is 640. The van der Waals surface area contributed by atoms with Crippen molar-refractivity contribution in [1.29, 1.82) is 0 Å². The van der Waals surface area contributed by atoms with E-state index in [9.17, 15) is 0 Å². The molecule has 0 radical (unpaired) electrons. The maximum Gasteiger partial charge on any atom is 0.0767 e. The van der Waals surface area contributed by atoms with Crippen LogP contribution >= 0.6 is 12.6 Å². The van der Waals surface area contributed by atoms with E-state index in [2.05, 4.69) is 68.7 Å². The second-order valence-electron chi connectivity index (χ2n) is 5.73. The number of rotatable bonds is 6. The quantitative estimate of drug-likeness (QED) is 0.731. The van der Waals surface area contributed by atoms with Gasteiger partial charge in [0, 0.05) is 41.5 Å². The van der Waals surface area contributed by atoms with Crippen LogP contribution in [0.1, 0.15) is 40.0 Å². The van der Waals surface area contributed by atoms with Gasteiger partial charge in [-0.2, -0.15) is 0 Å². The molecule has 0 fully saturated rings. The van der Waals surface area contributed by atoms with Crippen molar-refractivity contribution in [3.8, 4) is 0 Å². The fourth-order valence-electron chi connectivity index (χ4n) is 2.80. The Hall–Kier alpha value is -1.68. The highest BCUT2D eigenvalue weighted by Gasteiger charge is 2.10. The van der Waals surface area contributed by atoms with Gasteiger partial charge >= 0.3 is 0 Å². The molecule has 0 amide bonds. The van der Waals surface area contributed by atoms with Gasteiger partial charge in [-0.3, -0.25) is 4.99 Å². The van der Waals surface area contributed by atoms with Gasteiger partial charge in [0.15, 0.2) is 0 Å². The summed E-state index contributed by atoms with van der Waals surface area (Å²) in [5.74, 6) is 0. The zero-order valence-electron chi connectivity index (χ0n) is 14.3. The molecule has 0 aliphatic heterocycles. The van der Waals surface area contributed by atoms with Gasteiger partial charge in [0.05, 0.1) is 5.69 Å². The molecular formula is C19H27N3S. The fraction of sp³-hybridized carbons (Fsp3) is 0.421. The summed E-state index contributed by atoms with van der Waals surface area (Å²) in [6, 6.07) is 6.27. The molecule has 3 nitrogen and oxygen atoms in total. The van der Waals surface area contributed by atoms with E-state index in [4.69, 9.17) is 10.7 Å². The zero-order chi connectivity index (χ0) is 16.8. The summed E-state index contributed by atoms with van der Waals surface area (Å²) >= 11 is 4.63. The molecule has 0 spiro atoms. The van der Waals surface area contributed by atoms with Gasteiger partial charge in [-0.25, -0.2) is 0 Å². The molecule has 0 unspecified atom stereocenters. The monoisotopic (exact) mass is 329 g/mol. The normalized spacial score (nSPS) is 16.3. The lowest BCUT2D eigenvalue weighted by Crippen LogP contribution is -2.21. The van der Waals surface area contributed by atoms with Crippen LogP contribution in [0.25, 0.3) is 0 Å². The van der Waals surface area contributed by atoms with Crippen LogP contribution in [-0.4, -0.2) is 18.8 Å². The Kier molecular flexibility index (Phi) is 6.34. The average molecular weight is 330 g/mol. The predicted molar refractivity (Wildman–Crippen MR) is 104 cm³/mol. The van der Waals surface area contributed by atoms with Crippen molar-refractivity contribution in [2.45, 2.75) is 44.9 Å². The first-order valence-electron chi connectivity index (χ1n) is 8.41. The van der Waals surface area contributed by atoms with Crippen molar-refractivity contribution in [1.82, 2.24) is 0 Å². The van der Waals surface area contributed by atoms with Gasteiger partial charge in [0.1, 0.15) is 0 Å². The smallest absolute Gasteiger partial charge is 0.0767 e. The van der Waals surface area contributed by atoms with Crippen LogP contribution in [0.2, 0.25) is 0 Å². The van der Waals surface area contributed by atoms with Crippen molar-refractivity contribution >= 4 is 29.7 Å². The van der Waals surface area contributed by atoms with E-state index in [0.717, 1.165) is 54.3 Å².